The minimum atomic E-state index is 0.602. The molecule has 0 bridgehead atoms. The van der Waals surface area contributed by atoms with Crippen molar-refractivity contribution >= 4 is 22.3 Å². The Morgan fingerprint density at radius 1 is 1.42 bits per heavy atom. The van der Waals surface area contributed by atoms with E-state index in [1.807, 2.05) is 12.3 Å². The van der Waals surface area contributed by atoms with Crippen LogP contribution < -0.4 is 10.6 Å². The van der Waals surface area contributed by atoms with Crippen LogP contribution in [-0.4, -0.2) is 47.8 Å². The van der Waals surface area contributed by atoms with E-state index in [9.17, 15) is 0 Å². The minimum absolute atomic E-state index is 0.602. The average Bonchev–Trinajstić information content (AvgIpc) is 2.85. The highest BCUT2D eigenvalue weighted by Crippen LogP contribution is 2.29. The Balaban J connectivity index is 1.92. The van der Waals surface area contributed by atoms with Gasteiger partial charge in [-0.2, -0.15) is 5.10 Å². The first kappa shape index (κ1) is 12.3. The molecule has 1 aromatic heterocycles. The third-order valence-corrected chi connectivity index (χ3v) is 4.18. The summed E-state index contributed by atoms with van der Waals surface area (Å²) in [6, 6.07) is 4.73. The van der Waals surface area contributed by atoms with E-state index < -0.39 is 0 Å². The van der Waals surface area contributed by atoms with Gasteiger partial charge in [-0.1, -0.05) is 6.92 Å². The van der Waals surface area contributed by atoms with Crippen LogP contribution in [0.3, 0.4) is 0 Å². The van der Waals surface area contributed by atoms with Gasteiger partial charge < -0.3 is 10.6 Å². The zero-order valence-electron chi connectivity index (χ0n) is 11.6. The summed E-state index contributed by atoms with van der Waals surface area (Å²) in [6.45, 7) is 5.39. The second-order valence-corrected chi connectivity index (χ2v) is 5.36. The third-order valence-electron chi connectivity index (χ3n) is 4.18. The number of piperazine rings is 1. The van der Waals surface area contributed by atoms with E-state index >= 15 is 0 Å². The number of nitrogens with one attached hydrogen (secondary N) is 1. The van der Waals surface area contributed by atoms with Crippen LogP contribution in [0.25, 0.3) is 10.9 Å². The number of likely N-dealkylation sites (N-methyl/N-ethyl adjacent to an activating group) is 1. The molecular weight excluding hydrogens is 238 g/mol. The number of fused-ring (bicyclic) bond motifs is 1. The largest absolute Gasteiger partial charge is 0.397 e. The van der Waals surface area contributed by atoms with Crippen LogP contribution in [0.2, 0.25) is 0 Å². The summed E-state index contributed by atoms with van der Waals surface area (Å²) in [6.07, 6.45) is 2.98. The van der Waals surface area contributed by atoms with E-state index in [0.29, 0.717) is 6.04 Å². The lowest BCUT2D eigenvalue weighted by molar-refractivity contribution is 0.213. The zero-order chi connectivity index (χ0) is 13.4. The molecule has 5 nitrogen and oxygen atoms in total. The Morgan fingerprint density at radius 3 is 3.05 bits per heavy atom. The zero-order valence-corrected chi connectivity index (χ0v) is 11.6. The summed E-state index contributed by atoms with van der Waals surface area (Å²) in [5, 5.41) is 8.15. The summed E-state index contributed by atoms with van der Waals surface area (Å²) in [7, 11) is 2.20. The van der Waals surface area contributed by atoms with E-state index in [1.165, 1.54) is 6.42 Å². The third kappa shape index (κ3) is 2.14. The van der Waals surface area contributed by atoms with Gasteiger partial charge in [-0.15, -0.1) is 0 Å². The molecule has 1 aliphatic rings. The lowest BCUT2D eigenvalue weighted by atomic mass is 10.1. The Bertz CT molecular complexity index is 576. The summed E-state index contributed by atoms with van der Waals surface area (Å²) in [5.41, 5.74) is 9.22. The lowest BCUT2D eigenvalue weighted by Crippen LogP contribution is -2.51. The number of nitrogen functional groups attached to an aromatic ring is 1. The molecule has 1 fully saturated rings. The molecule has 3 N–H and O–H groups in total. The van der Waals surface area contributed by atoms with Crippen LogP contribution >= 0.6 is 0 Å². The average molecular weight is 259 g/mol. The van der Waals surface area contributed by atoms with Gasteiger partial charge in [0.1, 0.15) is 0 Å². The van der Waals surface area contributed by atoms with Crippen molar-refractivity contribution in [2.75, 3.05) is 37.3 Å². The topological polar surface area (TPSA) is 61.2 Å². The fourth-order valence-corrected chi connectivity index (χ4v) is 2.88. The molecule has 0 saturated carbocycles. The molecule has 5 heteroatoms. The van der Waals surface area contributed by atoms with Crippen molar-refractivity contribution in [2.24, 2.45) is 0 Å². The number of aromatic amines is 1. The second-order valence-electron chi connectivity index (χ2n) is 5.36. The van der Waals surface area contributed by atoms with Crippen LogP contribution in [0.4, 0.5) is 11.4 Å². The van der Waals surface area contributed by atoms with Gasteiger partial charge in [-0.05, 0) is 25.6 Å². The maximum absolute atomic E-state index is 6.20. The van der Waals surface area contributed by atoms with Crippen LogP contribution in [0.1, 0.15) is 13.3 Å². The molecule has 0 spiro atoms. The molecule has 2 aromatic rings. The fraction of sp³-hybridized carbons (Fsp3) is 0.500. The van der Waals surface area contributed by atoms with Crippen molar-refractivity contribution in [3.8, 4) is 0 Å². The van der Waals surface area contributed by atoms with Gasteiger partial charge in [-0.25, -0.2) is 0 Å². The molecule has 3 rings (SSSR count). The first-order valence-corrected chi connectivity index (χ1v) is 6.87. The van der Waals surface area contributed by atoms with E-state index in [1.54, 1.807) is 0 Å². The number of hydrogen-bond acceptors (Lipinski definition) is 4. The van der Waals surface area contributed by atoms with Crippen molar-refractivity contribution in [3.63, 3.8) is 0 Å². The first-order valence-electron chi connectivity index (χ1n) is 6.87. The fourth-order valence-electron chi connectivity index (χ4n) is 2.88. The molecule has 0 radical (unpaired) electrons. The number of aromatic nitrogens is 2. The van der Waals surface area contributed by atoms with Crippen molar-refractivity contribution in [2.45, 2.75) is 19.4 Å². The number of nitrogens with two attached hydrogens (primary N) is 1. The Labute approximate surface area is 113 Å². The minimum Gasteiger partial charge on any atom is -0.397 e. The molecule has 1 aromatic carbocycles. The van der Waals surface area contributed by atoms with Gasteiger partial charge in [0, 0.05) is 31.1 Å². The smallest absolute Gasteiger partial charge is 0.0672 e. The van der Waals surface area contributed by atoms with Crippen LogP contribution in [0, 0.1) is 0 Å². The lowest BCUT2D eigenvalue weighted by Gasteiger charge is -2.40. The van der Waals surface area contributed by atoms with Gasteiger partial charge >= 0.3 is 0 Å². The predicted octanol–water partition coefficient (Wildman–Crippen LogP) is 1.68. The maximum atomic E-state index is 6.20. The molecular formula is C14H21N5. The SMILES string of the molecule is CCC1CN(c2cc3[nH]ncc3cc2N)CCN1C. The molecule has 1 atom stereocenters. The van der Waals surface area contributed by atoms with E-state index in [4.69, 9.17) is 5.73 Å². The normalized spacial score (nSPS) is 21.2. The molecule has 0 amide bonds. The second kappa shape index (κ2) is 4.74. The highest BCUT2D eigenvalue weighted by molar-refractivity contribution is 5.88. The van der Waals surface area contributed by atoms with Crippen LogP contribution in [0.15, 0.2) is 18.3 Å². The van der Waals surface area contributed by atoms with E-state index in [2.05, 4.69) is 40.0 Å². The monoisotopic (exact) mass is 259 g/mol. The van der Waals surface area contributed by atoms with Crippen molar-refractivity contribution < 1.29 is 0 Å². The quantitative estimate of drug-likeness (QED) is 0.806. The first-order chi connectivity index (χ1) is 9.19. The number of rotatable bonds is 2. The molecule has 19 heavy (non-hydrogen) atoms. The number of anilines is 2. The molecule has 1 aliphatic heterocycles. The Hall–Kier alpha value is -1.75. The van der Waals surface area contributed by atoms with Gasteiger partial charge in [0.25, 0.3) is 0 Å². The van der Waals surface area contributed by atoms with Gasteiger partial charge in [0.15, 0.2) is 0 Å². The number of hydrogen-bond donors (Lipinski definition) is 2. The van der Waals surface area contributed by atoms with Crippen LogP contribution in [-0.2, 0) is 0 Å². The predicted molar refractivity (Wildman–Crippen MR) is 79.4 cm³/mol. The van der Waals surface area contributed by atoms with Gasteiger partial charge in [0.05, 0.1) is 23.1 Å². The van der Waals surface area contributed by atoms with Gasteiger partial charge in [0.2, 0.25) is 0 Å². The maximum Gasteiger partial charge on any atom is 0.0672 e. The highest BCUT2D eigenvalue weighted by atomic mass is 15.3. The summed E-state index contributed by atoms with van der Waals surface area (Å²) in [5.74, 6) is 0. The molecule has 102 valence electrons. The molecule has 1 unspecified atom stereocenters. The molecule has 0 aliphatic carbocycles. The van der Waals surface area contributed by atoms with Crippen molar-refractivity contribution in [3.05, 3.63) is 18.3 Å². The standard InChI is InChI=1S/C14H21N5/c1-3-11-9-19(5-4-18(11)2)14-7-13-10(6-12(14)15)8-16-17-13/h6-8,11H,3-5,9,15H2,1-2H3,(H,16,17). The summed E-state index contributed by atoms with van der Waals surface area (Å²) >= 11 is 0. The Kier molecular flexibility index (Phi) is 3.06. The number of nitrogens with zero attached hydrogens (tertiary/aromatic N) is 3. The van der Waals surface area contributed by atoms with Gasteiger partial charge in [-0.3, -0.25) is 10.00 Å². The molecule has 1 saturated heterocycles. The highest BCUT2D eigenvalue weighted by Gasteiger charge is 2.24. The Morgan fingerprint density at radius 2 is 2.26 bits per heavy atom. The van der Waals surface area contributed by atoms with Crippen molar-refractivity contribution in [1.82, 2.24) is 15.1 Å². The van der Waals surface area contributed by atoms with Crippen molar-refractivity contribution in [1.29, 1.82) is 0 Å². The number of H-pyrrole nitrogens is 1. The van der Waals surface area contributed by atoms with E-state index in [-0.39, 0.29) is 0 Å². The molecule has 2 heterocycles. The summed E-state index contributed by atoms with van der Waals surface area (Å²) < 4.78 is 0. The van der Waals surface area contributed by atoms with E-state index in [0.717, 1.165) is 41.9 Å². The summed E-state index contributed by atoms with van der Waals surface area (Å²) in [4.78, 5) is 4.82. The van der Waals surface area contributed by atoms with Crippen LogP contribution in [0.5, 0.6) is 0 Å². The number of benzene rings is 1.